The Bertz CT molecular complexity index is 1440. The summed E-state index contributed by atoms with van der Waals surface area (Å²) in [6.07, 6.45) is 8.82. The zero-order valence-corrected chi connectivity index (χ0v) is 22.2. The van der Waals surface area contributed by atoms with E-state index < -0.39 is 0 Å². The van der Waals surface area contributed by atoms with E-state index in [2.05, 4.69) is 81.0 Å². The maximum Gasteiger partial charge on any atom is 0.219 e. The summed E-state index contributed by atoms with van der Waals surface area (Å²) in [5, 5.41) is 18.4. The molecule has 194 valence electrons. The summed E-state index contributed by atoms with van der Waals surface area (Å²) in [5.74, 6) is 0.776. The Morgan fingerprint density at radius 2 is 1.95 bits per heavy atom. The average molecular weight is 501 g/mol. The van der Waals surface area contributed by atoms with Crippen LogP contribution in [-0.2, 0) is 20.1 Å². The molecule has 9 nitrogen and oxygen atoms in total. The lowest BCUT2D eigenvalue weighted by Gasteiger charge is -2.22. The first-order valence-electron chi connectivity index (χ1n) is 13.3. The van der Waals surface area contributed by atoms with Crippen molar-refractivity contribution in [1.82, 2.24) is 39.6 Å². The second kappa shape index (κ2) is 9.79. The molecular weight excluding hydrogens is 464 g/mol. The Balaban J connectivity index is 1.41. The van der Waals surface area contributed by atoms with Crippen molar-refractivity contribution in [1.29, 1.82) is 0 Å². The number of ether oxygens (including phenoxy) is 1. The average Bonchev–Trinajstić information content (AvgIpc) is 3.65. The molecule has 0 spiro atoms. The molecule has 5 heterocycles. The first-order chi connectivity index (χ1) is 18.0. The van der Waals surface area contributed by atoms with Crippen LogP contribution in [0.1, 0.15) is 42.4 Å². The van der Waals surface area contributed by atoms with E-state index in [0.29, 0.717) is 0 Å². The molecule has 0 unspecified atom stereocenters. The molecule has 9 heteroatoms. The van der Waals surface area contributed by atoms with E-state index in [1.54, 1.807) is 0 Å². The first kappa shape index (κ1) is 23.9. The van der Waals surface area contributed by atoms with Crippen LogP contribution in [0.15, 0.2) is 24.4 Å². The van der Waals surface area contributed by atoms with E-state index in [-0.39, 0.29) is 6.10 Å². The van der Waals surface area contributed by atoms with Gasteiger partial charge in [-0.1, -0.05) is 6.07 Å². The second-order valence-corrected chi connectivity index (χ2v) is 10.5. The normalized spacial score (nSPS) is 19.9. The lowest BCUT2D eigenvalue weighted by atomic mass is 10.0. The predicted molar refractivity (Wildman–Crippen MR) is 146 cm³/mol. The van der Waals surface area contributed by atoms with Gasteiger partial charge in [-0.05, 0) is 76.7 Å². The molecule has 1 saturated heterocycles. The molecule has 4 aromatic rings. The molecule has 6 rings (SSSR count). The van der Waals surface area contributed by atoms with Gasteiger partial charge in [0.25, 0.3) is 0 Å². The summed E-state index contributed by atoms with van der Waals surface area (Å²) in [6.45, 7) is 10.2. The Labute approximate surface area is 217 Å². The molecule has 2 aliphatic heterocycles. The van der Waals surface area contributed by atoms with Crippen molar-refractivity contribution in [3.05, 3.63) is 47.0 Å². The standard InChI is InChI=1S/C28H36N8O/c1-19-17-33(3)18-27-22(20(2)36(32-27)14-13-35-11-5-6-12-35)8-10-26-23-15-21(7-9-25(23)30-31-26)24-16-29-34(4)28(24)37-19/h7-10,15-16,19H,5-6,11-14,17-18H2,1-4H3,(H,30,31)/b10-8+/t19-/m1/s1. The van der Waals surface area contributed by atoms with Crippen molar-refractivity contribution in [2.45, 2.75) is 45.9 Å². The van der Waals surface area contributed by atoms with Crippen LogP contribution in [-0.4, -0.2) is 78.9 Å². The van der Waals surface area contributed by atoms with E-state index in [9.17, 15) is 0 Å². The molecule has 37 heavy (non-hydrogen) atoms. The minimum absolute atomic E-state index is 0.0187. The molecule has 0 amide bonds. The minimum Gasteiger partial charge on any atom is -0.473 e. The number of rotatable bonds is 3. The molecule has 3 aromatic heterocycles. The number of hydrogen-bond donors (Lipinski definition) is 1. The largest absolute Gasteiger partial charge is 0.473 e. The maximum absolute atomic E-state index is 6.46. The smallest absolute Gasteiger partial charge is 0.219 e. The molecule has 1 N–H and O–H groups in total. The van der Waals surface area contributed by atoms with E-state index in [1.807, 2.05) is 17.9 Å². The second-order valence-electron chi connectivity index (χ2n) is 10.5. The maximum atomic E-state index is 6.46. The van der Waals surface area contributed by atoms with Crippen LogP contribution in [0.3, 0.4) is 0 Å². The predicted octanol–water partition coefficient (Wildman–Crippen LogP) is 3.95. The molecule has 2 bridgehead atoms. The molecule has 0 radical (unpaired) electrons. The fraction of sp³-hybridized carbons (Fsp3) is 0.464. The monoisotopic (exact) mass is 500 g/mol. The van der Waals surface area contributed by atoms with Crippen molar-refractivity contribution in [3.8, 4) is 17.0 Å². The summed E-state index contributed by atoms with van der Waals surface area (Å²) in [5.41, 5.74) is 7.44. The Morgan fingerprint density at radius 1 is 1.11 bits per heavy atom. The van der Waals surface area contributed by atoms with Gasteiger partial charge in [-0.15, -0.1) is 0 Å². The summed E-state index contributed by atoms with van der Waals surface area (Å²) in [4.78, 5) is 4.83. The van der Waals surface area contributed by atoms with Gasteiger partial charge in [0.05, 0.1) is 35.2 Å². The van der Waals surface area contributed by atoms with Crippen LogP contribution < -0.4 is 4.74 Å². The van der Waals surface area contributed by atoms with E-state index in [0.717, 1.165) is 65.5 Å². The summed E-state index contributed by atoms with van der Waals surface area (Å²) < 4.78 is 10.5. The van der Waals surface area contributed by atoms with E-state index in [4.69, 9.17) is 9.84 Å². The lowest BCUT2D eigenvalue weighted by Crippen LogP contribution is -2.31. The zero-order valence-electron chi connectivity index (χ0n) is 22.2. The molecule has 1 fully saturated rings. The number of nitrogens with one attached hydrogen (secondary N) is 1. The van der Waals surface area contributed by atoms with Crippen LogP contribution in [0.4, 0.5) is 0 Å². The molecule has 2 aliphatic rings. The number of aromatic amines is 1. The molecular formula is C28H36N8O. The summed E-state index contributed by atoms with van der Waals surface area (Å²) >= 11 is 0. The number of nitrogens with zero attached hydrogens (tertiary/aromatic N) is 7. The number of benzene rings is 1. The molecule has 0 saturated carbocycles. The van der Waals surface area contributed by atoms with Crippen LogP contribution in [0.5, 0.6) is 5.88 Å². The molecule has 1 aromatic carbocycles. The van der Waals surface area contributed by atoms with Crippen LogP contribution in [0, 0.1) is 6.92 Å². The molecule has 1 atom stereocenters. The third-order valence-corrected chi connectivity index (χ3v) is 7.65. The van der Waals surface area contributed by atoms with Crippen molar-refractivity contribution in [2.75, 3.05) is 33.2 Å². The van der Waals surface area contributed by atoms with Crippen LogP contribution >= 0.6 is 0 Å². The SMILES string of the molecule is Cc1c2c(nn1CCN1CCCC1)CN(C)C[C@@H](C)Oc1c(cnn1C)-c1ccc3n[nH]c(c3c1)/C=C/2. The van der Waals surface area contributed by atoms with Crippen molar-refractivity contribution in [2.24, 2.45) is 7.05 Å². The van der Waals surface area contributed by atoms with Crippen molar-refractivity contribution in [3.63, 3.8) is 0 Å². The summed E-state index contributed by atoms with van der Waals surface area (Å²) in [6, 6.07) is 6.31. The van der Waals surface area contributed by atoms with Gasteiger partial charge in [-0.25, -0.2) is 4.68 Å². The van der Waals surface area contributed by atoms with E-state index in [1.165, 1.54) is 37.2 Å². The fourth-order valence-electron chi connectivity index (χ4n) is 5.66. The zero-order chi connectivity index (χ0) is 25.5. The van der Waals surface area contributed by atoms with Gasteiger partial charge in [0, 0.05) is 43.3 Å². The van der Waals surface area contributed by atoms with Gasteiger partial charge in [0.2, 0.25) is 5.88 Å². The van der Waals surface area contributed by atoms with Crippen LogP contribution in [0.2, 0.25) is 0 Å². The van der Waals surface area contributed by atoms with Crippen molar-refractivity contribution >= 4 is 23.1 Å². The van der Waals surface area contributed by atoms with Gasteiger partial charge >= 0.3 is 0 Å². The van der Waals surface area contributed by atoms with Crippen LogP contribution in [0.25, 0.3) is 34.2 Å². The third-order valence-electron chi connectivity index (χ3n) is 7.65. The Kier molecular flexibility index (Phi) is 6.34. The highest BCUT2D eigenvalue weighted by Crippen LogP contribution is 2.33. The number of aromatic nitrogens is 6. The van der Waals surface area contributed by atoms with Crippen molar-refractivity contribution < 1.29 is 4.74 Å². The quantitative estimate of drug-likeness (QED) is 0.459. The Hall–Kier alpha value is -3.43. The Morgan fingerprint density at radius 3 is 2.78 bits per heavy atom. The number of aryl methyl sites for hydroxylation is 1. The highest BCUT2D eigenvalue weighted by atomic mass is 16.5. The minimum atomic E-state index is -0.0187. The fourth-order valence-corrected chi connectivity index (χ4v) is 5.66. The lowest BCUT2D eigenvalue weighted by molar-refractivity contribution is 0.148. The van der Waals surface area contributed by atoms with Gasteiger partial charge in [0.1, 0.15) is 6.10 Å². The number of H-pyrrole nitrogens is 1. The number of likely N-dealkylation sites (N-methyl/N-ethyl adjacent to an activating group) is 1. The van der Waals surface area contributed by atoms with Gasteiger partial charge in [0.15, 0.2) is 0 Å². The number of hydrogen-bond acceptors (Lipinski definition) is 6. The van der Waals surface area contributed by atoms with Gasteiger partial charge < -0.3 is 9.64 Å². The number of fused-ring (bicyclic) bond motifs is 4. The topological polar surface area (TPSA) is 80.0 Å². The highest BCUT2D eigenvalue weighted by Gasteiger charge is 2.21. The van der Waals surface area contributed by atoms with Gasteiger partial charge in [-0.3, -0.25) is 14.7 Å². The summed E-state index contributed by atoms with van der Waals surface area (Å²) in [7, 11) is 4.06. The molecule has 0 aliphatic carbocycles. The van der Waals surface area contributed by atoms with Gasteiger partial charge in [-0.2, -0.15) is 15.3 Å². The number of likely N-dealkylation sites (tertiary alicyclic amines) is 1. The third kappa shape index (κ3) is 4.69. The first-order valence-corrected chi connectivity index (χ1v) is 13.3. The van der Waals surface area contributed by atoms with E-state index >= 15 is 0 Å². The highest BCUT2D eigenvalue weighted by molar-refractivity contribution is 5.93.